The molecule has 1 atom stereocenters. The molecule has 0 aliphatic carbocycles. The lowest BCUT2D eigenvalue weighted by Crippen LogP contribution is -2.26. The van der Waals surface area contributed by atoms with Crippen molar-refractivity contribution in [1.29, 1.82) is 0 Å². The molecule has 1 rings (SSSR count). The summed E-state index contributed by atoms with van der Waals surface area (Å²) in [5.74, 6) is 0.869. The summed E-state index contributed by atoms with van der Waals surface area (Å²) < 4.78 is 5.67. The number of rotatable bonds is 5. The van der Waals surface area contributed by atoms with Crippen LogP contribution in [0.5, 0.6) is 5.75 Å². The van der Waals surface area contributed by atoms with E-state index in [-0.39, 0.29) is 0 Å². The largest absolute Gasteiger partial charge is 0.492 e. The average Bonchev–Trinajstić information content (AvgIpc) is 2.23. The second-order valence-corrected chi connectivity index (χ2v) is 4.52. The molecule has 16 heavy (non-hydrogen) atoms. The molecule has 1 aromatic heterocycles. The molecule has 0 bridgehead atoms. The van der Waals surface area contributed by atoms with Crippen LogP contribution in [0.25, 0.3) is 0 Å². The summed E-state index contributed by atoms with van der Waals surface area (Å²) in [7, 11) is 4.17. The number of nitrogens with zero attached hydrogens (tertiary/aromatic N) is 2. The van der Waals surface area contributed by atoms with Gasteiger partial charge in [0.15, 0.2) is 0 Å². The second kappa shape index (κ2) is 5.85. The van der Waals surface area contributed by atoms with Crippen molar-refractivity contribution in [3.8, 4) is 5.75 Å². The van der Waals surface area contributed by atoms with Crippen molar-refractivity contribution in [2.45, 2.75) is 33.2 Å². The fourth-order valence-electron chi connectivity index (χ4n) is 1.30. The van der Waals surface area contributed by atoms with Gasteiger partial charge in [-0.1, -0.05) is 0 Å². The highest BCUT2D eigenvalue weighted by atomic mass is 16.5. The van der Waals surface area contributed by atoms with E-state index in [9.17, 15) is 0 Å². The number of hydrogen-bond acceptors (Lipinski definition) is 3. The van der Waals surface area contributed by atoms with Crippen molar-refractivity contribution in [2.75, 3.05) is 20.7 Å². The highest BCUT2D eigenvalue weighted by Crippen LogP contribution is 2.14. The first-order valence-electron chi connectivity index (χ1n) is 5.73. The van der Waals surface area contributed by atoms with Gasteiger partial charge in [0.2, 0.25) is 0 Å². The zero-order valence-corrected chi connectivity index (χ0v) is 10.9. The van der Waals surface area contributed by atoms with E-state index >= 15 is 0 Å². The third-order valence-electron chi connectivity index (χ3n) is 3.00. The third-order valence-corrected chi connectivity index (χ3v) is 3.00. The molecule has 0 saturated heterocycles. The maximum absolute atomic E-state index is 5.67. The van der Waals surface area contributed by atoms with E-state index in [0.717, 1.165) is 24.5 Å². The predicted octanol–water partition coefficient (Wildman–Crippen LogP) is 2.42. The van der Waals surface area contributed by atoms with E-state index in [1.165, 1.54) is 5.56 Å². The van der Waals surface area contributed by atoms with Crippen molar-refractivity contribution >= 4 is 0 Å². The Bertz CT molecular complexity index is 337. The van der Waals surface area contributed by atoms with Crippen LogP contribution in [0.2, 0.25) is 0 Å². The zero-order valence-electron chi connectivity index (χ0n) is 10.9. The van der Waals surface area contributed by atoms with Gasteiger partial charge in [-0.05, 0) is 52.9 Å². The summed E-state index contributed by atoms with van der Waals surface area (Å²) in [6, 6.07) is 2.59. The summed E-state index contributed by atoms with van der Waals surface area (Å²) in [5, 5.41) is 0. The van der Waals surface area contributed by atoms with E-state index in [0.29, 0.717) is 6.04 Å². The summed E-state index contributed by atoms with van der Waals surface area (Å²) in [5.41, 5.74) is 2.24. The van der Waals surface area contributed by atoms with Gasteiger partial charge in [0.25, 0.3) is 0 Å². The minimum atomic E-state index is 0.541. The molecule has 0 fully saturated rings. The molecule has 0 saturated carbocycles. The molecule has 1 heterocycles. The van der Waals surface area contributed by atoms with Crippen LogP contribution in [-0.2, 0) is 0 Å². The Morgan fingerprint density at radius 2 is 2.06 bits per heavy atom. The van der Waals surface area contributed by atoms with Gasteiger partial charge >= 0.3 is 0 Å². The van der Waals surface area contributed by atoms with Crippen molar-refractivity contribution in [3.05, 3.63) is 23.5 Å². The van der Waals surface area contributed by atoms with Crippen LogP contribution in [0, 0.1) is 13.8 Å². The second-order valence-electron chi connectivity index (χ2n) is 4.52. The molecule has 1 unspecified atom stereocenters. The standard InChI is InChI=1S/C13H22N2O/c1-10-8-13(9-14-12(10)3)16-7-6-11(2)15(4)5/h8-9,11H,6-7H2,1-5H3. The van der Waals surface area contributed by atoms with Crippen molar-refractivity contribution in [3.63, 3.8) is 0 Å². The van der Waals surface area contributed by atoms with Crippen molar-refractivity contribution in [1.82, 2.24) is 9.88 Å². The van der Waals surface area contributed by atoms with Crippen molar-refractivity contribution in [2.24, 2.45) is 0 Å². The Balaban J connectivity index is 2.40. The highest BCUT2D eigenvalue weighted by Gasteiger charge is 2.04. The average molecular weight is 222 g/mol. The lowest BCUT2D eigenvalue weighted by atomic mass is 10.2. The number of pyridine rings is 1. The lowest BCUT2D eigenvalue weighted by molar-refractivity contribution is 0.233. The zero-order chi connectivity index (χ0) is 12.1. The Morgan fingerprint density at radius 3 is 2.62 bits per heavy atom. The van der Waals surface area contributed by atoms with Gasteiger partial charge in [0, 0.05) is 11.7 Å². The predicted molar refractivity (Wildman–Crippen MR) is 67.0 cm³/mol. The third kappa shape index (κ3) is 3.81. The molecular formula is C13H22N2O. The van der Waals surface area contributed by atoms with Crippen LogP contribution in [0.1, 0.15) is 24.6 Å². The van der Waals surface area contributed by atoms with Crippen LogP contribution in [0.4, 0.5) is 0 Å². The number of ether oxygens (including phenoxy) is 1. The molecule has 0 aliphatic heterocycles. The van der Waals surface area contributed by atoms with Gasteiger partial charge in [0.05, 0.1) is 12.8 Å². The minimum Gasteiger partial charge on any atom is -0.492 e. The van der Waals surface area contributed by atoms with E-state index in [1.54, 1.807) is 6.20 Å². The molecule has 1 aromatic rings. The first-order chi connectivity index (χ1) is 7.50. The van der Waals surface area contributed by atoms with Gasteiger partial charge in [-0.25, -0.2) is 0 Å². The van der Waals surface area contributed by atoms with E-state index in [2.05, 4.69) is 37.8 Å². The van der Waals surface area contributed by atoms with Gasteiger partial charge in [-0.3, -0.25) is 4.98 Å². The summed E-state index contributed by atoms with van der Waals surface area (Å²) in [6.07, 6.45) is 2.82. The maximum Gasteiger partial charge on any atom is 0.137 e. The number of hydrogen-bond donors (Lipinski definition) is 0. The first kappa shape index (κ1) is 13.0. The van der Waals surface area contributed by atoms with Crippen molar-refractivity contribution < 1.29 is 4.74 Å². The Morgan fingerprint density at radius 1 is 1.38 bits per heavy atom. The molecule has 3 heteroatoms. The molecular weight excluding hydrogens is 200 g/mol. The van der Waals surface area contributed by atoms with Crippen LogP contribution < -0.4 is 4.74 Å². The first-order valence-corrected chi connectivity index (χ1v) is 5.73. The number of aryl methyl sites for hydroxylation is 2. The van der Waals surface area contributed by atoms with Crippen LogP contribution in [0.3, 0.4) is 0 Å². The summed E-state index contributed by atoms with van der Waals surface area (Å²) in [4.78, 5) is 6.47. The number of aromatic nitrogens is 1. The molecule has 0 aromatic carbocycles. The van der Waals surface area contributed by atoms with Gasteiger partial charge in [-0.2, -0.15) is 0 Å². The van der Waals surface area contributed by atoms with Gasteiger partial charge in [0.1, 0.15) is 5.75 Å². The molecule has 0 amide bonds. The van der Waals surface area contributed by atoms with E-state index in [1.807, 2.05) is 13.0 Å². The SMILES string of the molecule is Cc1cc(OCCC(C)N(C)C)cnc1C. The topological polar surface area (TPSA) is 25.4 Å². The molecule has 3 nitrogen and oxygen atoms in total. The molecule has 0 spiro atoms. The highest BCUT2D eigenvalue weighted by molar-refractivity contribution is 5.27. The molecule has 0 aliphatic rings. The minimum absolute atomic E-state index is 0.541. The van der Waals surface area contributed by atoms with Crippen LogP contribution in [0.15, 0.2) is 12.3 Å². The van der Waals surface area contributed by atoms with Crippen LogP contribution >= 0.6 is 0 Å². The summed E-state index contributed by atoms with van der Waals surface area (Å²) in [6.45, 7) is 7.00. The lowest BCUT2D eigenvalue weighted by Gasteiger charge is -2.19. The molecule has 90 valence electrons. The van der Waals surface area contributed by atoms with Gasteiger partial charge in [-0.15, -0.1) is 0 Å². The molecule has 0 radical (unpaired) electrons. The fourth-order valence-corrected chi connectivity index (χ4v) is 1.30. The monoisotopic (exact) mass is 222 g/mol. The quantitative estimate of drug-likeness (QED) is 0.765. The smallest absolute Gasteiger partial charge is 0.137 e. The van der Waals surface area contributed by atoms with E-state index < -0.39 is 0 Å². The van der Waals surface area contributed by atoms with E-state index in [4.69, 9.17) is 4.74 Å². The Hall–Kier alpha value is -1.09. The van der Waals surface area contributed by atoms with Crippen LogP contribution in [-0.4, -0.2) is 36.6 Å². The normalized spacial score (nSPS) is 12.9. The van der Waals surface area contributed by atoms with Gasteiger partial charge < -0.3 is 9.64 Å². The Kier molecular flexibility index (Phi) is 4.74. The maximum atomic E-state index is 5.67. The fraction of sp³-hybridized carbons (Fsp3) is 0.615. The molecule has 0 N–H and O–H groups in total. The summed E-state index contributed by atoms with van der Waals surface area (Å²) >= 11 is 0. The Labute approximate surface area is 98.4 Å².